The van der Waals surface area contributed by atoms with E-state index in [1.54, 1.807) is 7.11 Å². The molecule has 0 spiro atoms. The molecule has 0 aromatic carbocycles. The summed E-state index contributed by atoms with van der Waals surface area (Å²) in [7, 11) is 3.72. The first-order valence-corrected chi connectivity index (χ1v) is 5.80. The van der Waals surface area contributed by atoms with E-state index in [1.807, 2.05) is 7.05 Å². The number of nitrogens with one attached hydrogen (secondary N) is 1. The number of rotatable bonds is 8. The van der Waals surface area contributed by atoms with Gasteiger partial charge in [0, 0.05) is 20.2 Å². The third-order valence-corrected chi connectivity index (χ3v) is 2.85. The molecular weight excluding hydrogens is 228 g/mol. The molecule has 1 aliphatic rings. The molecule has 98 valence electrons. The van der Waals surface area contributed by atoms with Gasteiger partial charge in [-0.2, -0.15) is 0 Å². The van der Waals surface area contributed by atoms with Crippen LogP contribution in [0.1, 0.15) is 6.42 Å². The van der Waals surface area contributed by atoms with E-state index in [4.69, 9.17) is 9.47 Å². The van der Waals surface area contributed by atoms with Crippen molar-refractivity contribution in [1.29, 1.82) is 0 Å². The zero-order chi connectivity index (χ0) is 10.9. The lowest BCUT2D eigenvalue weighted by Crippen LogP contribution is -2.27. The highest BCUT2D eigenvalue weighted by Gasteiger charge is 2.20. The van der Waals surface area contributed by atoms with Crippen molar-refractivity contribution in [3.05, 3.63) is 0 Å². The number of hydrogen-bond donors (Lipinski definition) is 1. The minimum Gasteiger partial charge on any atom is -0.382 e. The number of likely N-dealkylation sites (tertiary alicyclic amines) is 1. The highest BCUT2D eigenvalue weighted by Crippen LogP contribution is 2.14. The first-order chi connectivity index (χ1) is 7.36. The van der Waals surface area contributed by atoms with Gasteiger partial charge in [-0.3, -0.25) is 0 Å². The molecule has 0 saturated carbocycles. The van der Waals surface area contributed by atoms with E-state index in [-0.39, 0.29) is 12.4 Å². The Morgan fingerprint density at radius 1 is 1.31 bits per heavy atom. The summed E-state index contributed by atoms with van der Waals surface area (Å²) in [5, 5.41) is 3.24. The van der Waals surface area contributed by atoms with E-state index in [1.165, 1.54) is 19.5 Å². The molecule has 1 atom stereocenters. The molecule has 5 heteroatoms. The Morgan fingerprint density at radius 2 is 2.12 bits per heavy atom. The molecular formula is C11H25ClN2O2. The van der Waals surface area contributed by atoms with Gasteiger partial charge in [0.1, 0.15) is 0 Å². The maximum atomic E-state index is 5.45. The molecule has 0 aromatic rings. The van der Waals surface area contributed by atoms with E-state index < -0.39 is 0 Å². The fourth-order valence-electron chi connectivity index (χ4n) is 2.01. The normalized spacial score (nSPS) is 21.0. The maximum absolute atomic E-state index is 5.45. The van der Waals surface area contributed by atoms with Gasteiger partial charge in [-0.1, -0.05) is 0 Å². The monoisotopic (exact) mass is 252 g/mol. The number of methoxy groups -OCH3 is 1. The summed E-state index contributed by atoms with van der Waals surface area (Å²) in [6.45, 7) is 6.88. The molecule has 1 heterocycles. The second kappa shape index (κ2) is 10.3. The Morgan fingerprint density at radius 3 is 2.81 bits per heavy atom. The molecule has 0 bridgehead atoms. The Bertz CT molecular complexity index is 161. The highest BCUT2D eigenvalue weighted by molar-refractivity contribution is 5.85. The van der Waals surface area contributed by atoms with Crippen LogP contribution in [0, 0.1) is 5.92 Å². The Hall–Kier alpha value is 0.130. The third kappa shape index (κ3) is 6.66. The van der Waals surface area contributed by atoms with Gasteiger partial charge in [0.25, 0.3) is 0 Å². The van der Waals surface area contributed by atoms with Crippen molar-refractivity contribution in [2.75, 3.05) is 60.2 Å². The van der Waals surface area contributed by atoms with Crippen molar-refractivity contribution in [2.24, 2.45) is 5.92 Å². The van der Waals surface area contributed by atoms with Crippen molar-refractivity contribution in [3.8, 4) is 0 Å². The van der Waals surface area contributed by atoms with Gasteiger partial charge in [0.05, 0.1) is 19.8 Å². The number of hydrogen-bond acceptors (Lipinski definition) is 4. The van der Waals surface area contributed by atoms with Crippen molar-refractivity contribution in [2.45, 2.75) is 6.42 Å². The van der Waals surface area contributed by atoms with E-state index >= 15 is 0 Å². The van der Waals surface area contributed by atoms with Gasteiger partial charge in [-0.25, -0.2) is 0 Å². The fourth-order valence-corrected chi connectivity index (χ4v) is 2.01. The first kappa shape index (κ1) is 16.1. The van der Waals surface area contributed by atoms with Crippen LogP contribution in [0.25, 0.3) is 0 Å². The summed E-state index contributed by atoms with van der Waals surface area (Å²) in [5.74, 6) is 0.828. The van der Waals surface area contributed by atoms with Crippen LogP contribution in [0.2, 0.25) is 0 Å². The molecule has 0 amide bonds. The van der Waals surface area contributed by atoms with Gasteiger partial charge in [0.2, 0.25) is 0 Å². The van der Waals surface area contributed by atoms with E-state index in [9.17, 15) is 0 Å². The summed E-state index contributed by atoms with van der Waals surface area (Å²) >= 11 is 0. The standard InChI is InChI=1S/C11H24N2O2.ClH/c1-12-9-11-3-4-13(10-11)5-6-15-8-7-14-2;/h11-12H,3-10H2,1-2H3;1H. The van der Waals surface area contributed by atoms with Crippen LogP contribution in [0.15, 0.2) is 0 Å². The van der Waals surface area contributed by atoms with Crippen molar-refractivity contribution < 1.29 is 9.47 Å². The predicted molar refractivity (Wildman–Crippen MR) is 68.4 cm³/mol. The molecule has 1 saturated heterocycles. The minimum atomic E-state index is 0. The molecule has 0 radical (unpaired) electrons. The molecule has 0 aliphatic carbocycles. The second-order valence-corrected chi connectivity index (χ2v) is 4.12. The Labute approximate surface area is 105 Å². The van der Waals surface area contributed by atoms with Crippen LogP contribution in [0.3, 0.4) is 0 Å². The second-order valence-electron chi connectivity index (χ2n) is 4.12. The summed E-state index contributed by atoms with van der Waals surface area (Å²) in [5.41, 5.74) is 0. The quantitative estimate of drug-likeness (QED) is 0.642. The highest BCUT2D eigenvalue weighted by atomic mass is 35.5. The van der Waals surface area contributed by atoms with Crippen LogP contribution in [0.5, 0.6) is 0 Å². The average molecular weight is 253 g/mol. The summed E-state index contributed by atoms with van der Waals surface area (Å²) in [4.78, 5) is 2.48. The Kier molecular flexibility index (Phi) is 10.4. The van der Waals surface area contributed by atoms with E-state index in [0.29, 0.717) is 13.2 Å². The molecule has 1 unspecified atom stereocenters. The molecule has 1 N–H and O–H groups in total. The molecule has 1 aliphatic heterocycles. The zero-order valence-electron chi connectivity index (χ0n) is 10.4. The lowest BCUT2D eigenvalue weighted by atomic mass is 10.1. The van der Waals surface area contributed by atoms with Gasteiger partial charge in [-0.15, -0.1) is 12.4 Å². The molecule has 0 aromatic heterocycles. The van der Waals surface area contributed by atoms with Crippen molar-refractivity contribution in [1.82, 2.24) is 10.2 Å². The lowest BCUT2D eigenvalue weighted by Gasteiger charge is -2.15. The minimum absolute atomic E-state index is 0. The molecule has 4 nitrogen and oxygen atoms in total. The van der Waals surface area contributed by atoms with Crippen molar-refractivity contribution in [3.63, 3.8) is 0 Å². The molecule has 1 rings (SSSR count). The lowest BCUT2D eigenvalue weighted by molar-refractivity contribution is 0.0599. The fraction of sp³-hybridized carbons (Fsp3) is 1.00. The number of nitrogens with zero attached hydrogens (tertiary/aromatic N) is 1. The van der Waals surface area contributed by atoms with Crippen LogP contribution in [-0.2, 0) is 9.47 Å². The summed E-state index contributed by atoms with van der Waals surface area (Å²) in [6.07, 6.45) is 1.32. The van der Waals surface area contributed by atoms with Crippen LogP contribution in [0.4, 0.5) is 0 Å². The number of ether oxygens (including phenoxy) is 2. The van der Waals surface area contributed by atoms with E-state index in [2.05, 4.69) is 10.2 Å². The summed E-state index contributed by atoms with van der Waals surface area (Å²) in [6, 6.07) is 0. The van der Waals surface area contributed by atoms with Gasteiger partial charge in [-0.05, 0) is 32.5 Å². The molecule has 1 fully saturated rings. The smallest absolute Gasteiger partial charge is 0.0700 e. The largest absolute Gasteiger partial charge is 0.382 e. The molecule has 16 heavy (non-hydrogen) atoms. The Balaban J connectivity index is 0.00000225. The van der Waals surface area contributed by atoms with Crippen molar-refractivity contribution >= 4 is 12.4 Å². The maximum Gasteiger partial charge on any atom is 0.0700 e. The SMILES string of the molecule is CNCC1CCN(CCOCCOC)C1.Cl. The summed E-state index contributed by atoms with van der Waals surface area (Å²) < 4.78 is 10.4. The third-order valence-electron chi connectivity index (χ3n) is 2.85. The predicted octanol–water partition coefficient (Wildman–Crippen LogP) is 0.612. The van der Waals surface area contributed by atoms with Gasteiger partial charge in [0.15, 0.2) is 0 Å². The number of halogens is 1. The zero-order valence-corrected chi connectivity index (χ0v) is 11.2. The van der Waals surface area contributed by atoms with Crippen LogP contribution < -0.4 is 5.32 Å². The first-order valence-electron chi connectivity index (χ1n) is 5.80. The average Bonchev–Trinajstić information content (AvgIpc) is 2.66. The van der Waals surface area contributed by atoms with Crippen LogP contribution >= 0.6 is 12.4 Å². The van der Waals surface area contributed by atoms with Crippen LogP contribution in [-0.4, -0.2) is 65.1 Å². The topological polar surface area (TPSA) is 33.7 Å². The van der Waals surface area contributed by atoms with Gasteiger partial charge >= 0.3 is 0 Å². The van der Waals surface area contributed by atoms with Gasteiger partial charge < -0.3 is 19.7 Å². The van der Waals surface area contributed by atoms with E-state index in [0.717, 1.165) is 25.6 Å².